The molecule has 0 spiro atoms. The predicted octanol–water partition coefficient (Wildman–Crippen LogP) is 1.05. The third-order valence-electron chi connectivity index (χ3n) is 3.07. The Labute approximate surface area is 115 Å². The number of nitrogens with one attached hydrogen (secondary N) is 1. The highest BCUT2D eigenvalue weighted by Gasteiger charge is 2.13. The Balaban J connectivity index is 2.29. The van der Waals surface area contributed by atoms with Crippen LogP contribution in [0.1, 0.15) is 30.4 Å². The molecule has 110 valence electrons. The van der Waals surface area contributed by atoms with Crippen molar-refractivity contribution in [1.82, 2.24) is 14.8 Å². The van der Waals surface area contributed by atoms with Crippen molar-refractivity contribution in [2.24, 2.45) is 0 Å². The zero-order valence-electron chi connectivity index (χ0n) is 12.1. The van der Waals surface area contributed by atoms with Crippen molar-refractivity contribution in [3.63, 3.8) is 0 Å². The van der Waals surface area contributed by atoms with Gasteiger partial charge in [-0.1, -0.05) is 12.1 Å². The molecule has 0 atom stereocenters. The van der Waals surface area contributed by atoms with E-state index in [1.54, 1.807) is 0 Å². The van der Waals surface area contributed by atoms with Crippen LogP contribution in [0.3, 0.4) is 0 Å². The molecular formula is C12H23N3O3S. The predicted molar refractivity (Wildman–Crippen MR) is 74.4 cm³/mol. The first-order valence-electron chi connectivity index (χ1n) is 6.43. The Bertz CT molecular complexity index is 477. The molecular weight excluding hydrogens is 266 g/mol. The van der Waals surface area contributed by atoms with E-state index in [2.05, 4.69) is 10.5 Å². The third kappa shape index (κ3) is 4.93. The average Bonchev–Trinajstić information content (AvgIpc) is 2.63. The minimum atomic E-state index is -3.08. The van der Waals surface area contributed by atoms with Crippen molar-refractivity contribution in [1.29, 1.82) is 0 Å². The Kier molecular flexibility index (Phi) is 5.96. The van der Waals surface area contributed by atoms with Gasteiger partial charge >= 0.3 is 0 Å². The van der Waals surface area contributed by atoms with Crippen molar-refractivity contribution < 1.29 is 12.9 Å². The Morgan fingerprint density at radius 2 is 2.05 bits per heavy atom. The van der Waals surface area contributed by atoms with E-state index < -0.39 is 10.0 Å². The Morgan fingerprint density at radius 3 is 2.53 bits per heavy atom. The van der Waals surface area contributed by atoms with E-state index >= 15 is 0 Å². The number of aryl methyl sites for hydroxylation is 2. The molecule has 1 heterocycles. The molecule has 1 aromatic rings. The highest BCUT2D eigenvalue weighted by Crippen LogP contribution is 2.11. The summed E-state index contributed by atoms with van der Waals surface area (Å²) in [5.41, 5.74) is 1.98. The lowest BCUT2D eigenvalue weighted by Gasteiger charge is -2.17. The van der Waals surface area contributed by atoms with Crippen LogP contribution in [0.4, 0.5) is 0 Å². The standard InChI is InChI=1S/C12H23N3O3S/c1-5-15(19(4,16)17)8-6-7-13-9-12-10(2)14-18-11(12)3/h13H,5-9H2,1-4H3. The fourth-order valence-electron chi connectivity index (χ4n) is 1.91. The second-order valence-electron chi connectivity index (χ2n) is 4.59. The maximum atomic E-state index is 11.4. The van der Waals surface area contributed by atoms with Crippen LogP contribution in [0.25, 0.3) is 0 Å². The van der Waals surface area contributed by atoms with Gasteiger partial charge in [-0.15, -0.1) is 0 Å². The number of rotatable bonds is 8. The molecule has 0 aromatic carbocycles. The summed E-state index contributed by atoms with van der Waals surface area (Å²) in [4.78, 5) is 0. The van der Waals surface area contributed by atoms with Crippen LogP contribution in [-0.2, 0) is 16.6 Å². The summed E-state index contributed by atoms with van der Waals surface area (Å²) in [7, 11) is -3.08. The monoisotopic (exact) mass is 289 g/mol. The van der Waals surface area contributed by atoms with Gasteiger partial charge in [-0.05, 0) is 26.8 Å². The fraction of sp³-hybridized carbons (Fsp3) is 0.750. The summed E-state index contributed by atoms with van der Waals surface area (Å²) >= 11 is 0. The lowest BCUT2D eigenvalue weighted by Crippen LogP contribution is -2.32. The molecule has 6 nitrogen and oxygen atoms in total. The van der Waals surface area contributed by atoms with E-state index in [0.29, 0.717) is 19.6 Å². The van der Waals surface area contributed by atoms with E-state index in [1.165, 1.54) is 10.6 Å². The normalized spacial score (nSPS) is 12.3. The van der Waals surface area contributed by atoms with Crippen LogP contribution in [0.2, 0.25) is 0 Å². The van der Waals surface area contributed by atoms with Gasteiger partial charge in [-0.3, -0.25) is 0 Å². The van der Waals surface area contributed by atoms with E-state index in [0.717, 1.165) is 30.0 Å². The highest BCUT2D eigenvalue weighted by atomic mass is 32.2. The second-order valence-corrected chi connectivity index (χ2v) is 6.57. The molecule has 7 heteroatoms. The molecule has 0 saturated carbocycles. The molecule has 1 N–H and O–H groups in total. The summed E-state index contributed by atoms with van der Waals surface area (Å²) in [5, 5.41) is 7.17. The summed E-state index contributed by atoms with van der Waals surface area (Å²) in [5.74, 6) is 0.830. The molecule has 0 fully saturated rings. The molecule has 1 rings (SSSR count). The summed E-state index contributed by atoms with van der Waals surface area (Å²) in [6.07, 6.45) is 2.03. The Hall–Kier alpha value is -0.920. The van der Waals surface area contributed by atoms with E-state index in [1.807, 2.05) is 20.8 Å². The topological polar surface area (TPSA) is 75.4 Å². The quantitative estimate of drug-likeness (QED) is 0.724. The smallest absolute Gasteiger partial charge is 0.211 e. The summed E-state index contributed by atoms with van der Waals surface area (Å²) in [6, 6.07) is 0. The SMILES string of the molecule is CCN(CCCNCc1c(C)noc1C)S(C)(=O)=O. The fourth-order valence-corrected chi connectivity index (χ4v) is 2.84. The molecule has 0 radical (unpaired) electrons. The summed E-state index contributed by atoms with van der Waals surface area (Å²) in [6.45, 7) is 8.17. The van der Waals surface area contributed by atoms with E-state index in [4.69, 9.17) is 4.52 Å². The van der Waals surface area contributed by atoms with E-state index in [9.17, 15) is 8.42 Å². The zero-order chi connectivity index (χ0) is 14.5. The number of hydrogen-bond donors (Lipinski definition) is 1. The van der Waals surface area contributed by atoms with Crippen molar-refractivity contribution in [2.45, 2.75) is 33.7 Å². The van der Waals surface area contributed by atoms with Gasteiger partial charge in [0.25, 0.3) is 0 Å². The van der Waals surface area contributed by atoms with Crippen LogP contribution < -0.4 is 5.32 Å². The number of sulfonamides is 1. The van der Waals surface area contributed by atoms with Crippen LogP contribution in [0.15, 0.2) is 4.52 Å². The van der Waals surface area contributed by atoms with Crippen LogP contribution in [-0.4, -0.2) is 43.8 Å². The van der Waals surface area contributed by atoms with Gasteiger partial charge in [-0.2, -0.15) is 0 Å². The van der Waals surface area contributed by atoms with Gasteiger partial charge in [0.15, 0.2) is 0 Å². The van der Waals surface area contributed by atoms with Crippen LogP contribution in [0, 0.1) is 13.8 Å². The highest BCUT2D eigenvalue weighted by molar-refractivity contribution is 7.88. The molecule has 0 aliphatic rings. The van der Waals surface area contributed by atoms with Crippen molar-refractivity contribution in [3.8, 4) is 0 Å². The van der Waals surface area contributed by atoms with Crippen molar-refractivity contribution in [2.75, 3.05) is 25.9 Å². The minimum absolute atomic E-state index is 0.517. The first kappa shape index (κ1) is 16.1. The molecule has 0 amide bonds. The Morgan fingerprint density at radius 1 is 1.37 bits per heavy atom. The van der Waals surface area contributed by atoms with Gasteiger partial charge in [0.1, 0.15) is 5.76 Å². The average molecular weight is 289 g/mol. The largest absolute Gasteiger partial charge is 0.361 e. The van der Waals surface area contributed by atoms with Gasteiger partial charge in [-0.25, -0.2) is 12.7 Å². The molecule has 0 saturated heterocycles. The van der Waals surface area contributed by atoms with Gasteiger partial charge in [0.2, 0.25) is 10.0 Å². The molecule has 0 bridgehead atoms. The second kappa shape index (κ2) is 7.02. The lowest BCUT2D eigenvalue weighted by atomic mass is 10.2. The first-order valence-corrected chi connectivity index (χ1v) is 8.28. The number of aromatic nitrogens is 1. The maximum Gasteiger partial charge on any atom is 0.211 e. The zero-order valence-corrected chi connectivity index (χ0v) is 12.9. The van der Waals surface area contributed by atoms with Crippen LogP contribution >= 0.6 is 0 Å². The molecule has 0 unspecified atom stereocenters. The van der Waals surface area contributed by atoms with Gasteiger partial charge in [0.05, 0.1) is 11.9 Å². The van der Waals surface area contributed by atoms with Gasteiger partial charge in [0, 0.05) is 25.2 Å². The third-order valence-corrected chi connectivity index (χ3v) is 4.44. The molecule has 1 aromatic heterocycles. The first-order chi connectivity index (χ1) is 8.86. The van der Waals surface area contributed by atoms with E-state index in [-0.39, 0.29) is 0 Å². The number of hydrogen-bond acceptors (Lipinski definition) is 5. The molecule has 0 aliphatic heterocycles. The van der Waals surface area contributed by atoms with Crippen molar-refractivity contribution >= 4 is 10.0 Å². The molecule has 0 aliphatic carbocycles. The van der Waals surface area contributed by atoms with Crippen LogP contribution in [0.5, 0.6) is 0 Å². The number of nitrogens with zero attached hydrogens (tertiary/aromatic N) is 2. The van der Waals surface area contributed by atoms with Crippen molar-refractivity contribution in [3.05, 3.63) is 17.0 Å². The molecule has 19 heavy (non-hydrogen) atoms. The minimum Gasteiger partial charge on any atom is -0.361 e. The van der Waals surface area contributed by atoms with Gasteiger partial charge < -0.3 is 9.84 Å². The lowest BCUT2D eigenvalue weighted by molar-refractivity contribution is 0.391. The summed E-state index contributed by atoms with van der Waals surface area (Å²) < 4.78 is 29.3. The maximum absolute atomic E-state index is 11.4.